The van der Waals surface area contributed by atoms with Gasteiger partial charge in [0.2, 0.25) is 5.91 Å². The zero-order valence-corrected chi connectivity index (χ0v) is 18.1. The first-order valence-corrected chi connectivity index (χ1v) is 10.6. The van der Waals surface area contributed by atoms with Crippen LogP contribution in [0.15, 0.2) is 36.7 Å². The summed E-state index contributed by atoms with van der Waals surface area (Å²) >= 11 is 0. The van der Waals surface area contributed by atoms with E-state index in [1.165, 1.54) is 0 Å². The van der Waals surface area contributed by atoms with Gasteiger partial charge in [-0.1, -0.05) is 6.07 Å². The lowest BCUT2D eigenvalue weighted by molar-refractivity contribution is -0.203. The highest BCUT2D eigenvalue weighted by atomic mass is 19.4. The molecule has 7 nitrogen and oxygen atoms in total. The number of nitrogens with one attached hydrogen (secondary N) is 1. The Morgan fingerprint density at radius 1 is 1.12 bits per heavy atom. The Balaban J connectivity index is 1.23. The van der Waals surface area contributed by atoms with Gasteiger partial charge in [-0.15, -0.1) is 0 Å². The number of benzene rings is 1. The fraction of sp³-hybridized carbons (Fsp3) is 0.391. The van der Waals surface area contributed by atoms with Crippen molar-refractivity contribution in [2.24, 2.45) is 11.3 Å². The van der Waals surface area contributed by atoms with Crippen LogP contribution >= 0.6 is 0 Å². The molecule has 1 N–H and O–H groups in total. The molecular formula is C23H22F3N5O2. The van der Waals surface area contributed by atoms with Crippen LogP contribution in [0.1, 0.15) is 24.4 Å². The second-order valence-electron chi connectivity index (χ2n) is 9.15. The lowest BCUT2D eigenvalue weighted by Crippen LogP contribution is -2.66. The van der Waals surface area contributed by atoms with Crippen molar-refractivity contribution in [2.45, 2.75) is 32.9 Å². The summed E-state index contributed by atoms with van der Waals surface area (Å²) in [6.45, 7) is 3.97. The van der Waals surface area contributed by atoms with E-state index in [4.69, 9.17) is 0 Å². The second kappa shape index (κ2) is 7.29. The van der Waals surface area contributed by atoms with Crippen molar-refractivity contribution >= 4 is 28.4 Å². The third-order valence-corrected chi connectivity index (χ3v) is 6.55. The number of fused-ring (bicyclic) bond motifs is 1. The Hall–Kier alpha value is -3.43. The number of hydrogen-bond acceptors (Lipinski definition) is 4. The second-order valence-corrected chi connectivity index (χ2v) is 9.15. The number of nitrogens with zero attached hydrogens (tertiary/aromatic N) is 4. The van der Waals surface area contributed by atoms with Crippen molar-refractivity contribution in [3.63, 3.8) is 0 Å². The molecule has 172 valence electrons. The molecule has 33 heavy (non-hydrogen) atoms. The molecule has 1 saturated carbocycles. The van der Waals surface area contributed by atoms with Gasteiger partial charge < -0.3 is 14.8 Å². The van der Waals surface area contributed by atoms with E-state index in [1.54, 1.807) is 12.3 Å². The summed E-state index contributed by atoms with van der Waals surface area (Å²) in [4.78, 5) is 33.5. The van der Waals surface area contributed by atoms with Crippen molar-refractivity contribution in [2.75, 3.05) is 18.4 Å². The largest absolute Gasteiger partial charge is 0.471 e. The van der Waals surface area contributed by atoms with Gasteiger partial charge in [0.05, 0.1) is 5.69 Å². The number of pyridine rings is 1. The van der Waals surface area contributed by atoms with Gasteiger partial charge in [0, 0.05) is 47.9 Å². The Morgan fingerprint density at radius 2 is 1.85 bits per heavy atom. The fourth-order valence-corrected chi connectivity index (χ4v) is 4.97. The molecule has 0 radical (unpaired) electrons. The maximum atomic E-state index is 12.6. The van der Waals surface area contributed by atoms with Crippen molar-refractivity contribution in [1.82, 2.24) is 19.4 Å². The molecule has 1 aliphatic carbocycles. The van der Waals surface area contributed by atoms with Gasteiger partial charge in [0.15, 0.2) is 0 Å². The highest BCUT2D eigenvalue weighted by Gasteiger charge is 2.58. The van der Waals surface area contributed by atoms with Crippen LogP contribution in [0.25, 0.3) is 16.5 Å². The number of carbonyl (C=O) groups is 2. The minimum Gasteiger partial charge on any atom is -0.334 e. The van der Waals surface area contributed by atoms with Gasteiger partial charge in [-0.05, 0) is 50.3 Å². The van der Waals surface area contributed by atoms with E-state index in [-0.39, 0.29) is 30.3 Å². The quantitative estimate of drug-likeness (QED) is 0.649. The molecule has 1 saturated heterocycles. The van der Waals surface area contributed by atoms with Crippen LogP contribution in [-0.4, -0.2) is 50.5 Å². The van der Waals surface area contributed by atoms with Gasteiger partial charge in [-0.2, -0.15) is 13.2 Å². The van der Waals surface area contributed by atoms with Crippen LogP contribution in [0.2, 0.25) is 0 Å². The molecule has 1 aromatic carbocycles. The van der Waals surface area contributed by atoms with Crippen LogP contribution in [-0.2, 0) is 9.59 Å². The average molecular weight is 457 g/mol. The summed E-state index contributed by atoms with van der Waals surface area (Å²) in [5.41, 5.74) is 1.51. The van der Waals surface area contributed by atoms with E-state index in [0.29, 0.717) is 18.7 Å². The standard InChI is InChI=1S/C23H22F3N5O2/c1-13-10-31(14(2)28-13)18-4-3-15-9-27-19(6-16(15)5-18)29-20(32)17-7-22(8-17)11-30(12-22)21(33)23(24,25)26/h3-6,9-10,17H,7-8,11-12H2,1-2H3,(H,27,29,32). The normalized spacial score (nSPS) is 17.7. The SMILES string of the molecule is Cc1cn(-c2ccc3cnc(NC(=O)C4CC5(C4)CN(C(=O)C(F)(F)F)C5)cc3c2)c(C)n1. The molecule has 2 fully saturated rings. The molecule has 1 aliphatic heterocycles. The molecule has 1 spiro atoms. The predicted octanol–water partition coefficient (Wildman–Crippen LogP) is 3.78. The van der Waals surface area contributed by atoms with Crippen LogP contribution in [0.3, 0.4) is 0 Å². The monoisotopic (exact) mass is 457 g/mol. The third kappa shape index (κ3) is 3.83. The molecule has 0 bridgehead atoms. The number of halogens is 3. The van der Waals surface area contributed by atoms with Crippen molar-refractivity contribution in [3.05, 3.63) is 48.2 Å². The third-order valence-electron chi connectivity index (χ3n) is 6.55. The van der Waals surface area contributed by atoms with Crippen LogP contribution in [0.5, 0.6) is 0 Å². The summed E-state index contributed by atoms with van der Waals surface area (Å²) < 4.78 is 39.6. The summed E-state index contributed by atoms with van der Waals surface area (Å²) in [7, 11) is 0. The number of rotatable bonds is 3. The number of amides is 2. The molecule has 0 atom stereocenters. The van der Waals surface area contributed by atoms with Crippen molar-refractivity contribution < 1.29 is 22.8 Å². The smallest absolute Gasteiger partial charge is 0.334 e. The number of alkyl halides is 3. The minimum absolute atomic E-state index is 0.0548. The summed E-state index contributed by atoms with van der Waals surface area (Å²) in [5.74, 6) is -1.01. The molecule has 3 aromatic rings. The molecular weight excluding hydrogens is 435 g/mol. The zero-order chi connectivity index (χ0) is 23.5. The molecule has 10 heteroatoms. The fourth-order valence-electron chi connectivity index (χ4n) is 4.97. The first kappa shape index (κ1) is 21.4. The predicted molar refractivity (Wildman–Crippen MR) is 115 cm³/mol. The van der Waals surface area contributed by atoms with Crippen molar-refractivity contribution in [1.29, 1.82) is 0 Å². The van der Waals surface area contributed by atoms with E-state index < -0.39 is 12.1 Å². The first-order valence-electron chi connectivity index (χ1n) is 10.6. The number of likely N-dealkylation sites (tertiary alicyclic amines) is 1. The van der Waals surface area contributed by atoms with Gasteiger partial charge in [0.1, 0.15) is 11.6 Å². The number of imidazole rings is 1. The molecule has 5 rings (SSSR count). The van der Waals surface area contributed by atoms with E-state index in [9.17, 15) is 22.8 Å². The summed E-state index contributed by atoms with van der Waals surface area (Å²) in [5, 5.41) is 4.66. The summed E-state index contributed by atoms with van der Waals surface area (Å²) in [6.07, 6.45) is -0.264. The summed E-state index contributed by atoms with van der Waals surface area (Å²) in [6, 6.07) is 7.74. The lowest BCUT2D eigenvalue weighted by Gasteiger charge is -2.58. The van der Waals surface area contributed by atoms with E-state index in [1.807, 2.05) is 42.8 Å². The molecule has 3 heterocycles. The molecule has 2 amide bonds. The number of aromatic nitrogens is 3. The first-order chi connectivity index (χ1) is 15.5. The van der Waals surface area contributed by atoms with Gasteiger partial charge in [-0.3, -0.25) is 9.59 Å². The molecule has 2 aliphatic rings. The highest BCUT2D eigenvalue weighted by Crippen LogP contribution is 2.52. The molecule has 0 unspecified atom stereocenters. The zero-order valence-electron chi connectivity index (χ0n) is 18.1. The maximum absolute atomic E-state index is 12.6. The van der Waals surface area contributed by atoms with Crippen LogP contribution in [0, 0.1) is 25.2 Å². The van der Waals surface area contributed by atoms with E-state index >= 15 is 0 Å². The topological polar surface area (TPSA) is 80.1 Å². The minimum atomic E-state index is -4.85. The Bertz CT molecular complexity index is 1270. The Morgan fingerprint density at radius 3 is 2.48 bits per heavy atom. The van der Waals surface area contributed by atoms with E-state index in [0.717, 1.165) is 32.9 Å². The van der Waals surface area contributed by atoms with Crippen LogP contribution < -0.4 is 5.32 Å². The number of hydrogen-bond donors (Lipinski definition) is 1. The molecule has 2 aromatic heterocycles. The highest BCUT2D eigenvalue weighted by molar-refractivity contribution is 5.95. The van der Waals surface area contributed by atoms with E-state index in [2.05, 4.69) is 15.3 Å². The lowest BCUT2D eigenvalue weighted by atomic mass is 9.57. The van der Waals surface area contributed by atoms with Gasteiger partial charge in [0.25, 0.3) is 0 Å². The Kier molecular flexibility index (Phi) is 4.73. The van der Waals surface area contributed by atoms with Crippen molar-refractivity contribution in [3.8, 4) is 5.69 Å². The Labute approximate surface area is 187 Å². The van der Waals surface area contributed by atoms with Crippen LogP contribution in [0.4, 0.5) is 19.0 Å². The number of aryl methyl sites for hydroxylation is 2. The average Bonchev–Trinajstić information content (AvgIpc) is 3.02. The number of anilines is 1. The van der Waals surface area contributed by atoms with Gasteiger partial charge >= 0.3 is 12.1 Å². The van der Waals surface area contributed by atoms with Gasteiger partial charge in [-0.25, -0.2) is 9.97 Å². The number of carbonyl (C=O) groups excluding carboxylic acids is 2. The maximum Gasteiger partial charge on any atom is 0.471 e.